The fraction of sp³-hybridized carbons (Fsp3) is 0.583. The lowest BCUT2D eigenvalue weighted by Crippen LogP contribution is -2.52. The highest BCUT2D eigenvalue weighted by Crippen LogP contribution is 2.32. The van der Waals surface area contributed by atoms with E-state index in [0.29, 0.717) is 12.8 Å². The number of nitrogens with zero attached hydrogens (tertiary/aromatic N) is 4. The first-order valence-electron chi connectivity index (χ1n) is 7.54. The molecule has 1 heterocycles. The lowest BCUT2D eigenvalue weighted by atomic mass is 10.6. The molecule has 1 aliphatic rings. The number of carbonyl (C=O) groups is 1. The Morgan fingerprint density at radius 1 is 1.11 bits per heavy atom. The minimum absolute atomic E-state index is 0.0646. The van der Waals surface area contributed by atoms with E-state index in [1.54, 1.807) is 4.72 Å². The molecule has 1 aromatic heterocycles. The average Bonchev–Trinajstić information content (AvgIpc) is 3.37. The summed E-state index contributed by atoms with van der Waals surface area (Å²) in [6.45, 7) is 0. The molecule has 0 radical (unpaired) electrons. The number of hydrogen-bond donors (Lipinski definition) is 2. The maximum absolute atomic E-state index is 12.5. The minimum atomic E-state index is -4.69. The van der Waals surface area contributed by atoms with Crippen molar-refractivity contribution < 1.29 is 31.1 Å². The van der Waals surface area contributed by atoms with Crippen LogP contribution < -0.4 is 19.5 Å². The van der Waals surface area contributed by atoms with Crippen LogP contribution >= 0.6 is 0 Å². The smallest absolute Gasteiger partial charge is 0.336 e. The van der Waals surface area contributed by atoms with Crippen LogP contribution in [0.15, 0.2) is 6.07 Å². The Bertz CT molecular complexity index is 892. The molecule has 1 aromatic rings. The minimum Gasteiger partial charge on any atom is -0.481 e. The standard InChI is InChI=1S/C12H20N6O7S2/c1-17(2)27(22,23)18(8-5-6-8)26(20,21)16-12(19)15-11-13-9(24-3)7-10(14-11)25-4/h7-8H,5-6H2,1-4H3,(H2,13,14,15,16,19). The molecule has 0 aliphatic heterocycles. The summed E-state index contributed by atoms with van der Waals surface area (Å²) >= 11 is 0. The Labute approximate surface area is 157 Å². The second-order valence-electron chi connectivity index (χ2n) is 5.58. The third-order valence-electron chi connectivity index (χ3n) is 3.32. The number of aromatic nitrogens is 2. The molecule has 0 aromatic carbocycles. The molecule has 0 spiro atoms. The zero-order valence-electron chi connectivity index (χ0n) is 15.0. The number of hydrogen-bond acceptors (Lipinski definition) is 9. The second-order valence-corrected chi connectivity index (χ2v) is 9.38. The van der Waals surface area contributed by atoms with Crippen LogP contribution in [-0.2, 0) is 20.4 Å². The molecular weight excluding hydrogens is 404 g/mol. The van der Waals surface area contributed by atoms with Gasteiger partial charge in [-0.05, 0) is 12.8 Å². The van der Waals surface area contributed by atoms with Gasteiger partial charge >= 0.3 is 16.2 Å². The Morgan fingerprint density at radius 2 is 1.63 bits per heavy atom. The highest BCUT2D eigenvalue weighted by molar-refractivity contribution is 8.02. The van der Waals surface area contributed by atoms with Crippen LogP contribution in [0.2, 0.25) is 0 Å². The fourth-order valence-corrected chi connectivity index (χ4v) is 5.31. The molecule has 1 fully saturated rings. The predicted octanol–water partition coefficient (Wildman–Crippen LogP) is -0.869. The molecule has 27 heavy (non-hydrogen) atoms. The van der Waals surface area contributed by atoms with Crippen LogP contribution in [0.25, 0.3) is 0 Å². The molecule has 0 unspecified atom stereocenters. The Morgan fingerprint density at radius 3 is 2.04 bits per heavy atom. The van der Waals surface area contributed by atoms with Gasteiger partial charge in [0.25, 0.3) is 10.2 Å². The van der Waals surface area contributed by atoms with E-state index in [9.17, 15) is 21.6 Å². The zero-order chi connectivity index (χ0) is 20.4. The summed E-state index contributed by atoms with van der Waals surface area (Å²) < 4.78 is 62.1. The number of methoxy groups -OCH3 is 2. The van der Waals surface area contributed by atoms with Gasteiger partial charge in [0.1, 0.15) is 0 Å². The fourth-order valence-electron chi connectivity index (χ4n) is 1.91. The number of amides is 2. The van der Waals surface area contributed by atoms with Gasteiger partial charge in [0.05, 0.1) is 20.3 Å². The van der Waals surface area contributed by atoms with E-state index in [2.05, 4.69) is 15.3 Å². The van der Waals surface area contributed by atoms with Crippen LogP contribution in [0.5, 0.6) is 11.8 Å². The van der Waals surface area contributed by atoms with Crippen LogP contribution in [0.3, 0.4) is 0 Å². The highest BCUT2D eigenvalue weighted by atomic mass is 32.3. The molecule has 0 saturated heterocycles. The number of nitrogens with one attached hydrogen (secondary N) is 2. The van der Waals surface area contributed by atoms with Gasteiger partial charge in [-0.25, -0.2) is 9.52 Å². The molecule has 2 amide bonds. The lowest BCUT2D eigenvalue weighted by Gasteiger charge is -2.24. The number of anilines is 1. The molecule has 2 rings (SSSR count). The van der Waals surface area contributed by atoms with Crippen LogP contribution in [0.4, 0.5) is 10.7 Å². The number of rotatable bonds is 8. The monoisotopic (exact) mass is 424 g/mol. The maximum atomic E-state index is 12.5. The van der Waals surface area contributed by atoms with Crippen molar-refractivity contribution in [2.45, 2.75) is 18.9 Å². The SMILES string of the molecule is COc1cc(OC)nc(NC(=O)NS(=O)(=O)N(C2CC2)S(=O)(=O)N(C)C)n1. The first kappa shape index (κ1) is 21.1. The lowest BCUT2D eigenvalue weighted by molar-refractivity contribution is 0.256. The quantitative estimate of drug-likeness (QED) is 0.540. The molecule has 2 N–H and O–H groups in total. The van der Waals surface area contributed by atoms with Crippen molar-refractivity contribution in [3.05, 3.63) is 6.07 Å². The van der Waals surface area contributed by atoms with Gasteiger partial charge in [0.15, 0.2) is 0 Å². The van der Waals surface area contributed by atoms with Gasteiger partial charge in [0.2, 0.25) is 17.7 Å². The van der Waals surface area contributed by atoms with Crippen molar-refractivity contribution >= 4 is 32.4 Å². The van der Waals surface area contributed by atoms with Gasteiger partial charge < -0.3 is 9.47 Å². The van der Waals surface area contributed by atoms with Crippen molar-refractivity contribution in [2.75, 3.05) is 33.6 Å². The first-order valence-corrected chi connectivity index (χ1v) is 10.4. The first-order chi connectivity index (χ1) is 12.5. The van der Waals surface area contributed by atoms with Gasteiger partial charge in [-0.15, -0.1) is 0 Å². The molecular formula is C12H20N6O7S2. The van der Waals surface area contributed by atoms with E-state index < -0.39 is 32.5 Å². The average molecular weight is 424 g/mol. The Hall–Kier alpha value is -2.23. The molecule has 13 nitrogen and oxygen atoms in total. The normalized spacial score (nSPS) is 14.9. The molecule has 0 atom stereocenters. The molecule has 152 valence electrons. The maximum Gasteiger partial charge on any atom is 0.336 e. The van der Waals surface area contributed by atoms with Crippen molar-refractivity contribution in [3.8, 4) is 11.8 Å². The summed E-state index contributed by atoms with van der Waals surface area (Å²) in [7, 11) is -3.96. The summed E-state index contributed by atoms with van der Waals surface area (Å²) in [6, 6.07) is -0.640. The number of carbonyl (C=O) groups excluding carboxylic acids is 1. The summed E-state index contributed by atoms with van der Waals surface area (Å²) in [6.07, 6.45) is 0.734. The van der Waals surface area contributed by atoms with Crippen LogP contribution in [0, 0.1) is 0 Å². The summed E-state index contributed by atoms with van der Waals surface area (Å²) in [5.74, 6) is -0.170. The third-order valence-corrected chi connectivity index (χ3v) is 7.36. The number of ether oxygens (including phenoxy) is 2. The third kappa shape index (κ3) is 4.94. The van der Waals surface area contributed by atoms with Gasteiger partial charge in [0, 0.05) is 20.1 Å². The van der Waals surface area contributed by atoms with E-state index in [0.717, 1.165) is 4.31 Å². The van der Waals surface area contributed by atoms with Crippen molar-refractivity contribution in [1.82, 2.24) is 22.7 Å². The highest BCUT2D eigenvalue weighted by Gasteiger charge is 2.47. The van der Waals surface area contributed by atoms with Crippen LogP contribution in [-0.4, -0.2) is 75.2 Å². The zero-order valence-corrected chi connectivity index (χ0v) is 16.7. The van der Waals surface area contributed by atoms with Crippen molar-refractivity contribution in [3.63, 3.8) is 0 Å². The van der Waals surface area contributed by atoms with E-state index in [1.165, 1.54) is 34.4 Å². The summed E-state index contributed by atoms with van der Waals surface area (Å²) in [5, 5.41) is 2.10. The van der Waals surface area contributed by atoms with E-state index in [1.807, 2.05) is 0 Å². The summed E-state index contributed by atoms with van der Waals surface area (Å²) in [4.78, 5) is 19.7. The van der Waals surface area contributed by atoms with Gasteiger partial charge in [-0.3, -0.25) is 5.32 Å². The molecule has 0 bridgehead atoms. The molecule has 1 aliphatic carbocycles. The molecule has 15 heteroatoms. The van der Waals surface area contributed by atoms with E-state index in [4.69, 9.17) is 9.47 Å². The topological polar surface area (TPSA) is 160 Å². The van der Waals surface area contributed by atoms with Crippen molar-refractivity contribution in [2.24, 2.45) is 0 Å². The van der Waals surface area contributed by atoms with Gasteiger partial charge in [-0.2, -0.15) is 31.1 Å². The van der Waals surface area contributed by atoms with Gasteiger partial charge in [-0.1, -0.05) is 3.71 Å². The second kappa shape index (κ2) is 7.79. The Balaban J connectivity index is 2.21. The predicted molar refractivity (Wildman–Crippen MR) is 93.7 cm³/mol. The van der Waals surface area contributed by atoms with E-state index in [-0.39, 0.29) is 21.4 Å². The summed E-state index contributed by atoms with van der Waals surface area (Å²) in [5.41, 5.74) is 0. The van der Waals surface area contributed by atoms with E-state index >= 15 is 0 Å². The Kier molecular flexibility index (Phi) is 6.08. The largest absolute Gasteiger partial charge is 0.481 e. The van der Waals surface area contributed by atoms with Crippen molar-refractivity contribution in [1.29, 1.82) is 0 Å². The number of urea groups is 1. The molecule has 1 saturated carbocycles. The van der Waals surface area contributed by atoms with Crippen LogP contribution in [0.1, 0.15) is 12.8 Å².